The summed E-state index contributed by atoms with van der Waals surface area (Å²) < 4.78 is 40.8. The molecule has 6 heteroatoms. The minimum absolute atomic E-state index is 0.0463. The van der Waals surface area contributed by atoms with Crippen LogP contribution in [0.15, 0.2) is 24.3 Å². The van der Waals surface area contributed by atoms with Crippen molar-refractivity contribution in [3.8, 4) is 11.8 Å². The molecule has 0 saturated heterocycles. The Morgan fingerprint density at radius 3 is 2.42 bits per heavy atom. The van der Waals surface area contributed by atoms with Crippen molar-refractivity contribution in [2.45, 2.75) is 32.0 Å². The lowest BCUT2D eigenvalue weighted by Crippen LogP contribution is -2.26. The second-order valence-electron chi connectivity index (χ2n) is 4.37. The van der Waals surface area contributed by atoms with Crippen molar-refractivity contribution < 1.29 is 22.7 Å². The van der Waals surface area contributed by atoms with Gasteiger partial charge in [0.1, 0.15) is 11.5 Å². The maximum Gasteiger partial charge on any atom is 0.573 e. The van der Waals surface area contributed by atoms with Crippen LogP contribution in [-0.2, 0) is 10.2 Å². The molecule has 0 radical (unpaired) electrons. The fourth-order valence-corrected chi connectivity index (χ4v) is 1.83. The van der Waals surface area contributed by atoms with Gasteiger partial charge in [0.25, 0.3) is 0 Å². The fourth-order valence-electron chi connectivity index (χ4n) is 1.83. The summed E-state index contributed by atoms with van der Waals surface area (Å²) in [6.45, 7) is 2.69. The summed E-state index contributed by atoms with van der Waals surface area (Å²) in [4.78, 5) is 11.2. The molecule has 0 aliphatic rings. The highest BCUT2D eigenvalue weighted by Crippen LogP contribution is 2.36. The minimum atomic E-state index is -4.84. The van der Waals surface area contributed by atoms with Gasteiger partial charge in [-0.3, -0.25) is 4.79 Å². The van der Waals surface area contributed by atoms with Crippen molar-refractivity contribution >= 4 is 5.78 Å². The first-order valence-corrected chi connectivity index (χ1v) is 5.44. The van der Waals surface area contributed by atoms with Crippen LogP contribution in [0.25, 0.3) is 0 Å². The van der Waals surface area contributed by atoms with Crippen molar-refractivity contribution in [1.82, 2.24) is 0 Å². The Bertz CT molecular complexity index is 519. The van der Waals surface area contributed by atoms with Crippen molar-refractivity contribution in [3.05, 3.63) is 29.8 Å². The number of halogens is 3. The fraction of sp³-hybridized carbons (Fsp3) is 0.385. The van der Waals surface area contributed by atoms with Crippen LogP contribution in [0.3, 0.4) is 0 Å². The molecule has 3 nitrogen and oxygen atoms in total. The number of para-hydroxylation sites is 1. The lowest BCUT2D eigenvalue weighted by Gasteiger charge is -2.23. The van der Waals surface area contributed by atoms with Crippen LogP contribution in [0.4, 0.5) is 13.2 Å². The van der Waals surface area contributed by atoms with Gasteiger partial charge in [0.05, 0.1) is 11.5 Å². The lowest BCUT2D eigenvalue weighted by atomic mass is 9.79. The summed E-state index contributed by atoms with van der Waals surface area (Å²) in [5.41, 5.74) is -1.31. The molecule has 1 rings (SSSR count). The quantitative estimate of drug-likeness (QED) is 0.843. The average Bonchev–Trinajstić information content (AvgIpc) is 2.26. The molecule has 0 N–H and O–H groups in total. The van der Waals surface area contributed by atoms with Gasteiger partial charge in [0.15, 0.2) is 0 Å². The maximum absolute atomic E-state index is 12.3. The summed E-state index contributed by atoms with van der Waals surface area (Å²) >= 11 is 0. The van der Waals surface area contributed by atoms with E-state index in [9.17, 15) is 23.2 Å². The number of nitrogens with zero attached hydrogens (tertiary/aromatic N) is 1. The molecule has 102 valence electrons. The zero-order valence-corrected chi connectivity index (χ0v) is 10.4. The summed E-state index contributed by atoms with van der Waals surface area (Å²) in [6.07, 6.45) is -5.02. The van der Waals surface area contributed by atoms with E-state index in [1.807, 2.05) is 6.07 Å². The largest absolute Gasteiger partial charge is 0.573 e. The second-order valence-corrected chi connectivity index (χ2v) is 4.37. The standard InChI is InChI=1S/C13H12F3NO2/c1-9(18)7-12(2,8-17)10-5-3-4-6-11(10)19-13(14,15)16/h3-6H,7H2,1-2H3. The van der Waals surface area contributed by atoms with E-state index < -0.39 is 17.5 Å². The number of benzene rings is 1. The van der Waals surface area contributed by atoms with E-state index in [4.69, 9.17) is 0 Å². The Labute approximate surface area is 108 Å². The van der Waals surface area contributed by atoms with Gasteiger partial charge in [-0.1, -0.05) is 18.2 Å². The van der Waals surface area contributed by atoms with Crippen LogP contribution in [-0.4, -0.2) is 12.1 Å². The van der Waals surface area contributed by atoms with E-state index in [-0.39, 0.29) is 17.8 Å². The lowest BCUT2D eigenvalue weighted by molar-refractivity contribution is -0.275. The van der Waals surface area contributed by atoms with Crippen molar-refractivity contribution in [2.75, 3.05) is 0 Å². The third-order valence-corrected chi connectivity index (χ3v) is 2.56. The first-order chi connectivity index (χ1) is 8.68. The molecule has 0 aliphatic carbocycles. The van der Waals surface area contributed by atoms with E-state index in [1.54, 1.807) is 0 Å². The van der Waals surface area contributed by atoms with Crippen LogP contribution in [0.5, 0.6) is 5.75 Å². The Balaban J connectivity index is 3.26. The van der Waals surface area contributed by atoms with Gasteiger partial charge in [-0.15, -0.1) is 13.2 Å². The van der Waals surface area contributed by atoms with Crippen LogP contribution in [0.2, 0.25) is 0 Å². The number of ketones is 1. The number of hydrogen-bond donors (Lipinski definition) is 0. The molecule has 1 unspecified atom stereocenters. The second kappa shape index (κ2) is 5.31. The molecule has 0 heterocycles. The van der Waals surface area contributed by atoms with Gasteiger partial charge in [-0.2, -0.15) is 5.26 Å². The van der Waals surface area contributed by atoms with E-state index in [2.05, 4.69) is 4.74 Å². The molecule has 1 atom stereocenters. The zero-order valence-electron chi connectivity index (χ0n) is 10.4. The zero-order chi connectivity index (χ0) is 14.7. The number of Topliss-reactive ketones (excluding diaryl/α,β-unsaturated/α-hetero) is 1. The van der Waals surface area contributed by atoms with E-state index >= 15 is 0 Å². The van der Waals surface area contributed by atoms with E-state index in [0.29, 0.717) is 0 Å². The summed E-state index contributed by atoms with van der Waals surface area (Å²) in [5, 5.41) is 9.17. The molecule has 0 saturated carbocycles. The first-order valence-electron chi connectivity index (χ1n) is 5.44. The van der Waals surface area contributed by atoms with Crippen molar-refractivity contribution in [1.29, 1.82) is 5.26 Å². The summed E-state index contributed by atoms with van der Waals surface area (Å²) in [7, 11) is 0. The number of nitriles is 1. The molecule has 0 aliphatic heterocycles. The normalized spacial score (nSPS) is 14.3. The Morgan fingerprint density at radius 2 is 1.95 bits per heavy atom. The van der Waals surface area contributed by atoms with Crippen molar-refractivity contribution in [2.24, 2.45) is 0 Å². The van der Waals surface area contributed by atoms with Gasteiger partial charge >= 0.3 is 6.36 Å². The molecule has 0 spiro atoms. The molecule has 1 aromatic carbocycles. The first kappa shape index (κ1) is 15.0. The minimum Gasteiger partial charge on any atom is -0.405 e. The Hall–Kier alpha value is -2.03. The molecule has 19 heavy (non-hydrogen) atoms. The van der Waals surface area contributed by atoms with Gasteiger partial charge in [-0.05, 0) is 19.9 Å². The molecule has 0 aromatic heterocycles. The van der Waals surface area contributed by atoms with E-state index in [1.165, 1.54) is 32.0 Å². The molecule has 0 bridgehead atoms. The number of carbonyl (C=O) groups is 1. The molecule has 1 aromatic rings. The monoisotopic (exact) mass is 271 g/mol. The molecular formula is C13H12F3NO2. The van der Waals surface area contributed by atoms with Crippen LogP contribution in [0.1, 0.15) is 25.8 Å². The number of rotatable bonds is 4. The highest BCUT2D eigenvalue weighted by molar-refractivity contribution is 5.78. The summed E-state index contributed by atoms with van der Waals surface area (Å²) in [5.74, 6) is -0.744. The molecular weight excluding hydrogens is 259 g/mol. The third kappa shape index (κ3) is 3.98. The van der Waals surface area contributed by atoms with Gasteiger partial charge < -0.3 is 4.74 Å². The number of hydrogen-bond acceptors (Lipinski definition) is 3. The Morgan fingerprint density at radius 1 is 1.37 bits per heavy atom. The van der Waals surface area contributed by atoms with Crippen LogP contribution in [0, 0.1) is 11.3 Å². The van der Waals surface area contributed by atoms with Gasteiger partial charge in [-0.25, -0.2) is 0 Å². The highest BCUT2D eigenvalue weighted by atomic mass is 19.4. The van der Waals surface area contributed by atoms with Crippen LogP contribution >= 0.6 is 0 Å². The number of carbonyl (C=O) groups excluding carboxylic acids is 1. The van der Waals surface area contributed by atoms with Crippen molar-refractivity contribution in [3.63, 3.8) is 0 Å². The summed E-state index contributed by atoms with van der Waals surface area (Å²) in [6, 6.07) is 7.23. The highest BCUT2D eigenvalue weighted by Gasteiger charge is 2.36. The topological polar surface area (TPSA) is 50.1 Å². The molecule has 0 fully saturated rings. The smallest absolute Gasteiger partial charge is 0.405 e. The Kier molecular flexibility index (Phi) is 4.20. The molecule has 0 amide bonds. The maximum atomic E-state index is 12.3. The number of ether oxygens (including phenoxy) is 1. The SMILES string of the molecule is CC(=O)CC(C)(C#N)c1ccccc1OC(F)(F)F. The average molecular weight is 271 g/mol. The number of alkyl halides is 3. The van der Waals surface area contributed by atoms with E-state index in [0.717, 1.165) is 6.07 Å². The third-order valence-electron chi connectivity index (χ3n) is 2.56. The van der Waals surface area contributed by atoms with Crippen LogP contribution < -0.4 is 4.74 Å². The van der Waals surface area contributed by atoms with Gasteiger partial charge in [0, 0.05) is 12.0 Å². The van der Waals surface area contributed by atoms with Gasteiger partial charge in [0.2, 0.25) is 0 Å². The predicted octanol–water partition coefficient (Wildman–Crippen LogP) is 3.35. The predicted molar refractivity (Wildman–Crippen MR) is 61.4 cm³/mol.